The summed E-state index contributed by atoms with van der Waals surface area (Å²) in [6.07, 6.45) is -7.69. The SMILES string of the molecule is CC(=O)OC1=C(OC(=O)C(F)(F)F)C(=O)OC1C1COC(C)(C)O1. The van der Waals surface area contributed by atoms with Crippen LogP contribution in [0.1, 0.15) is 20.8 Å². The number of hydrogen-bond donors (Lipinski definition) is 0. The second-order valence-corrected chi connectivity index (χ2v) is 5.37. The summed E-state index contributed by atoms with van der Waals surface area (Å²) in [6, 6.07) is 0. The zero-order chi connectivity index (χ0) is 18.3. The van der Waals surface area contributed by atoms with E-state index in [1.54, 1.807) is 13.8 Å². The van der Waals surface area contributed by atoms with Crippen LogP contribution in [0.25, 0.3) is 0 Å². The monoisotopic (exact) mass is 354 g/mol. The van der Waals surface area contributed by atoms with Crippen molar-refractivity contribution in [1.82, 2.24) is 0 Å². The molecule has 2 heterocycles. The molecule has 11 heteroatoms. The van der Waals surface area contributed by atoms with Gasteiger partial charge in [0.25, 0.3) is 5.76 Å². The van der Waals surface area contributed by atoms with E-state index in [0.29, 0.717) is 0 Å². The Morgan fingerprint density at radius 2 is 1.88 bits per heavy atom. The molecule has 2 rings (SSSR count). The maximum Gasteiger partial charge on any atom is 0.491 e. The molecule has 0 aromatic rings. The summed E-state index contributed by atoms with van der Waals surface area (Å²) in [5.74, 6) is -7.84. The van der Waals surface area contributed by atoms with E-state index in [9.17, 15) is 27.6 Å². The van der Waals surface area contributed by atoms with Gasteiger partial charge in [-0.05, 0) is 13.8 Å². The van der Waals surface area contributed by atoms with Gasteiger partial charge in [0.1, 0.15) is 6.10 Å². The zero-order valence-electron chi connectivity index (χ0n) is 12.8. The van der Waals surface area contributed by atoms with Crippen LogP contribution >= 0.6 is 0 Å². The summed E-state index contributed by atoms with van der Waals surface area (Å²) in [5.41, 5.74) is 0. The number of ether oxygens (including phenoxy) is 5. The number of cyclic esters (lactones) is 1. The van der Waals surface area contributed by atoms with Crippen molar-refractivity contribution in [2.24, 2.45) is 0 Å². The van der Waals surface area contributed by atoms with Crippen LogP contribution in [0.4, 0.5) is 13.2 Å². The molecule has 2 unspecified atom stereocenters. The van der Waals surface area contributed by atoms with E-state index in [1.165, 1.54) is 0 Å². The smallest absolute Gasteiger partial charge is 0.445 e. The van der Waals surface area contributed by atoms with Gasteiger partial charge in [0, 0.05) is 6.92 Å². The lowest BCUT2D eigenvalue weighted by Gasteiger charge is -2.21. The molecule has 0 aromatic carbocycles. The molecule has 1 fully saturated rings. The molecule has 0 spiro atoms. The zero-order valence-corrected chi connectivity index (χ0v) is 12.8. The highest BCUT2D eigenvalue weighted by molar-refractivity contribution is 5.94. The normalized spacial score (nSPS) is 26.3. The van der Waals surface area contributed by atoms with Crippen LogP contribution < -0.4 is 0 Å². The summed E-state index contributed by atoms with van der Waals surface area (Å²) in [4.78, 5) is 33.9. The number of carbonyl (C=O) groups excluding carboxylic acids is 3. The van der Waals surface area contributed by atoms with Crippen molar-refractivity contribution in [1.29, 1.82) is 0 Å². The molecular weight excluding hydrogens is 341 g/mol. The van der Waals surface area contributed by atoms with Gasteiger partial charge in [-0.1, -0.05) is 0 Å². The Balaban J connectivity index is 2.31. The molecule has 0 saturated carbocycles. The van der Waals surface area contributed by atoms with Crippen molar-refractivity contribution >= 4 is 17.9 Å². The summed E-state index contributed by atoms with van der Waals surface area (Å²) in [7, 11) is 0. The number of hydrogen-bond acceptors (Lipinski definition) is 8. The molecule has 2 aliphatic rings. The van der Waals surface area contributed by atoms with E-state index in [1.807, 2.05) is 0 Å². The molecule has 1 saturated heterocycles. The predicted molar refractivity (Wildman–Crippen MR) is 65.7 cm³/mol. The fourth-order valence-electron chi connectivity index (χ4n) is 2.06. The average Bonchev–Trinajstić information content (AvgIpc) is 2.91. The van der Waals surface area contributed by atoms with Gasteiger partial charge in [-0.15, -0.1) is 0 Å². The van der Waals surface area contributed by atoms with Crippen molar-refractivity contribution in [3.05, 3.63) is 11.5 Å². The Hall–Kier alpha value is -2.14. The van der Waals surface area contributed by atoms with Crippen LogP contribution in [0.2, 0.25) is 0 Å². The van der Waals surface area contributed by atoms with E-state index < -0.39 is 53.6 Å². The molecule has 0 amide bonds. The Bertz CT molecular complexity index is 607. The van der Waals surface area contributed by atoms with Crippen LogP contribution in [-0.4, -0.2) is 48.7 Å². The Morgan fingerprint density at radius 3 is 2.33 bits per heavy atom. The minimum absolute atomic E-state index is 0.0871. The molecule has 0 N–H and O–H groups in total. The molecule has 0 aliphatic carbocycles. The van der Waals surface area contributed by atoms with Crippen molar-refractivity contribution in [2.45, 2.75) is 44.9 Å². The number of halogens is 3. The molecule has 0 bridgehead atoms. The summed E-state index contributed by atoms with van der Waals surface area (Å²) in [5, 5.41) is 0. The van der Waals surface area contributed by atoms with Gasteiger partial charge in [-0.3, -0.25) is 4.79 Å². The third-order valence-electron chi connectivity index (χ3n) is 2.95. The lowest BCUT2D eigenvalue weighted by atomic mass is 10.2. The van der Waals surface area contributed by atoms with Gasteiger partial charge in [-0.2, -0.15) is 13.2 Å². The van der Waals surface area contributed by atoms with Crippen LogP contribution in [0, 0.1) is 0 Å². The highest BCUT2D eigenvalue weighted by Crippen LogP contribution is 2.35. The topological polar surface area (TPSA) is 97.4 Å². The van der Waals surface area contributed by atoms with Gasteiger partial charge in [0.05, 0.1) is 6.61 Å². The second-order valence-electron chi connectivity index (χ2n) is 5.37. The number of alkyl halides is 3. The molecular formula is C13H13F3O8. The molecule has 24 heavy (non-hydrogen) atoms. The predicted octanol–water partition coefficient (Wildman–Crippen LogP) is 0.944. The lowest BCUT2D eigenvalue weighted by Crippen LogP contribution is -2.33. The lowest BCUT2D eigenvalue weighted by molar-refractivity contribution is -0.196. The van der Waals surface area contributed by atoms with E-state index in [-0.39, 0.29) is 6.61 Å². The first-order valence-electron chi connectivity index (χ1n) is 6.65. The largest absolute Gasteiger partial charge is 0.491 e. The van der Waals surface area contributed by atoms with Crippen LogP contribution in [0.15, 0.2) is 11.5 Å². The van der Waals surface area contributed by atoms with E-state index >= 15 is 0 Å². The van der Waals surface area contributed by atoms with Gasteiger partial charge < -0.3 is 23.7 Å². The van der Waals surface area contributed by atoms with Gasteiger partial charge >= 0.3 is 24.1 Å². The maximum absolute atomic E-state index is 12.3. The summed E-state index contributed by atoms with van der Waals surface area (Å²) < 4.78 is 61.2. The Labute approximate surface area is 133 Å². The maximum atomic E-state index is 12.3. The minimum Gasteiger partial charge on any atom is -0.445 e. The fraction of sp³-hybridized carbons (Fsp3) is 0.615. The highest BCUT2D eigenvalue weighted by Gasteiger charge is 2.51. The third kappa shape index (κ3) is 3.85. The van der Waals surface area contributed by atoms with Crippen molar-refractivity contribution in [3.8, 4) is 0 Å². The van der Waals surface area contributed by atoms with E-state index in [2.05, 4.69) is 4.74 Å². The fourth-order valence-corrected chi connectivity index (χ4v) is 2.06. The van der Waals surface area contributed by atoms with Gasteiger partial charge in [-0.25, -0.2) is 9.59 Å². The van der Waals surface area contributed by atoms with E-state index in [0.717, 1.165) is 6.92 Å². The quantitative estimate of drug-likeness (QED) is 0.546. The molecule has 0 radical (unpaired) electrons. The number of esters is 3. The first kappa shape index (κ1) is 18.2. The van der Waals surface area contributed by atoms with Gasteiger partial charge in [0.15, 0.2) is 11.9 Å². The first-order valence-corrected chi connectivity index (χ1v) is 6.65. The Kier molecular flexibility index (Phi) is 4.59. The minimum atomic E-state index is -5.35. The molecule has 0 aromatic heterocycles. The highest BCUT2D eigenvalue weighted by atomic mass is 19.4. The average molecular weight is 354 g/mol. The van der Waals surface area contributed by atoms with Crippen molar-refractivity contribution in [3.63, 3.8) is 0 Å². The third-order valence-corrected chi connectivity index (χ3v) is 2.95. The molecule has 2 atom stereocenters. The molecule has 2 aliphatic heterocycles. The molecule has 134 valence electrons. The molecule has 8 nitrogen and oxygen atoms in total. The van der Waals surface area contributed by atoms with Crippen LogP contribution in [0.3, 0.4) is 0 Å². The van der Waals surface area contributed by atoms with Crippen molar-refractivity contribution in [2.75, 3.05) is 6.61 Å². The standard InChI is InChI=1S/C13H13F3O8/c1-5(17)21-8-7(6-4-20-12(2,3)24-6)22-10(18)9(8)23-11(19)13(14,15)16/h6-7H,4H2,1-3H3. The Morgan fingerprint density at radius 1 is 1.25 bits per heavy atom. The van der Waals surface area contributed by atoms with Crippen LogP contribution in [0.5, 0.6) is 0 Å². The number of rotatable bonds is 3. The van der Waals surface area contributed by atoms with Crippen molar-refractivity contribution < 1.29 is 51.2 Å². The summed E-state index contributed by atoms with van der Waals surface area (Å²) >= 11 is 0. The van der Waals surface area contributed by atoms with Gasteiger partial charge in [0.2, 0.25) is 5.76 Å². The second kappa shape index (κ2) is 6.06. The first-order chi connectivity index (χ1) is 10.9. The summed E-state index contributed by atoms with van der Waals surface area (Å²) in [6.45, 7) is 3.98. The van der Waals surface area contributed by atoms with E-state index in [4.69, 9.17) is 18.9 Å². The van der Waals surface area contributed by atoms with Crippen LogP contribution in [-0.2, 0) is 38.1 Å². The number of carbonyl (C=O) groups is 3.